The van der Waals surface area contributed by atoms with E-state index in [1.807, 2.05) is 6.92 Å². The number of sulfonamides is 1. The van der Waals surface area contributed by atoms with E-state index in [0.717, 1.165) is 25.7 Å². The molecule has 1 saturated carbocycles. The lowest BCUT2D eigenvalue weighted by molar-refractivity contribution is -0.123. The first-order chi connectivity index (χ1) is 12.8. The summed E-state index contributed by atoms with van der Waals surface area (Å²) in [5.74, 6) is 0.120. The molecule has 2 N–H and O–H groups in total. The minimum atomic E-state index is -3.86. The molecule has 0 aliphatic heterocycles. The second kappa shape index (κ2) is 10.3. The summed E-state index contributed by atoms with van der Waals surface area (Å²) in [6.45, 7) is 3.80. The van der Waals surface area contributed by atoms with Gasteiger partial charge in [-0.3, -0.25) is 4.79 Å². The van der Waals surface area contributed by atoms with E-state index in [1.165, 1.54) is 37.5 Å². The van der Waals surface area contributed by atoms with Gasteiger partial charge in [0.2, 0.25) is 15.9 Å². The van der Waals surface area contributed by atoms with Crippen LogP contribution in [0.5, 0.6) is 5.75 Å². The summed E-state index contributed by atoms with van der Waals surface area (Å²) in [4.78, 5) is 12.4. The Bertz CT molecular complexity index is 731. The summed E-state index contributed by atoms with van der Waals surface area (Å²) in [5.41, 5.74) is 0. The second-order valence-corrected chi connectivity index (χ2v) is 9.04. The van der Waals surface area contributed by atoms with E-state index in [0.29, 0.717) is 12.4 Å². The summed E-state index contributed by atoms with van der Waals surface area (Å²) < 4.78 is 32.9. The van der Waals surface area contributed by atoms with E-state index in [2.05, 4.69) is 10.0 Å². The lowest BCUT2D eigenvalue weighted by Gasteiger charge is -2.23. The molecule has 0 bridgehead atoms. The zero-order valence-corrected chi connectivity index (χ0v) is 17.5. The molecule has 1 fully saturated rings. The number of hydrogen-bond donors (Lipinski definition) is 2. The van der Waals surface area contributed by atoms with Crippen molar-refractivity contribution >= 4 is 27.5 Å². The molecule has 0 unspecified atom stereocenters. The summed E-state index contributed by atoms with van der Waals surface area (Å²) in [6.07, 6.45) is 7.70. The van der Waals surface area contributed by atoms with Crippen LogP contribution in [0.2, 0.25) is 5.02 Å². The molecule has 152 valence electrons. The smallest absolute Gasteiger partial charge is 0.241 e. The van der Waals surface area contributed by atoms with Gasteiger partial charge in [0.25, 0.3) is 0 Å². The summed E-state index contributed by atoms with van der Waals surface area (Å²) in [6, 6.07) is 3.50. The molecule has 1 aliphatic carbocycles. The molecule has 27 heavy (non-hydrogen) atoms. The maximum Gasteiger partial charge on any atom is 0.241 e. The van der Waals surface area contributed by atoms with Gasteiger partial charge in [-0.25, -0.2) is 8.42 Å². The largest absolute Gasteiger partial charge is 0.492 e. The third kappa shape index (κ3) is 6.66. The first kappa shape index (κ1) is 22.0. The molecule has 1 aromatic rings. The Hall–Kier alpha value is -1.31. The SMILES string of the molecule is CCOc1ccc(S(=O)(=O)N[C@H](C)C(=O)NC2CCCCCCC2)cc1Cl. The third-order valence-corrected chi connectivity index (χ3v) is 6.52. The van der Waals surface area contributed by atoms with Crippen LogP contribution in [0, 0.1) is 0 Å². The van der Waals surface area contributed by atoms with E-state index in [1.54, 1.807) is 6.92 Å². The zero-order chi connectivity index (χ0) is 19.9. The molecule has 1 aromatic carbocycles. The number of halogens is 1. The molecule has 8 heteroatoms. The van der Waals surface area contributed by atoms with Crippen LogP contribution in [-0.4, -0.2) is 33.0 Å². The van der Waals surface area contributed by atoms with Gasteiger partial charge < -0.3 is 10.1 Å². The van der Waals surface area contributed by atoms with Gasteiger partial charge in [-0.15, -0.1) is 0 Å². The number of hydrogen-bond acceptors (Lipinski definition) is 4. The molecule has 1 atom stereocenters. The van der Waals surface area contributed by atoms with Crippen molar-refractivity contribution in [2.45, 2.75) is 75.8 Å². The highest BCUT2D eigenvalue weighted by atomic mass is 35.5. The second-order valence-electron chi connectivity index (χ2n) is 6.92. The molecule has 1 amide bonds. The predicted molar refractivity (Wildman–Crippen MR) is 107 cm³/mol. The van der Waals surface area contributed by atoms with Crippen molar-refractivity contribution in [3.05, 3.63) is 23.2 Å². The van der Waals surface area contributed by atoms with E-state index in [9.17, 15) is 13.2 Å². The van der Waals surface area contributed by atoms with Crippen LogP contribution >= 0.6 is 11.6 Å². The van der Waals surface area contributed by atoms with E-state index in [-0.39, 0.29) is 21.9 Å². The van der Waals surface area contributed by atoms with Crippen molar-refractivity contribution in [1.29, 1.82) is 0 Å². The van der Waals surface area contributed by atoms with Gasteiger partial charge in [-0.05, 0) is 44.9 Å². The van der Waals surface area contributed by atoms with Crippen LogP contribution in [0.25, 0.3) is 0 Å². The van der Waals surface area contributed by atoms with Crippen molar-refractivity contribution < 1.29 is 17.9 Å². The fourth-order valence-electron chi connectivity index (χ4n) is 3.20. The molecule has 0 heterocycles. The van der Waals surface area contributed by atoms with Gasteiger partial charge in [0, 0.05) is 6.04 Å². The summed E-state index contributed by atoms with van der Waals surface area (Å²) >= 11 is 6.07. The van der Waals surface area contributed by atoms with Crippen molar-refractivity contribution in [2.24, 2.45) is 0 Å². The number of benzene rings is 1. The number of carbonyl (C=O) groups is 1. The molecule has 0 spiro atoms. The van der Waals surface area contributed by atoms with Gasteiger partial charge in [-0.2, -0.15) is 4.72 Å². The lowest BCUT2D eigenvalue weighted by Crippen LogP contribution is -2.48. The normalized spacial score (nSPS) is 17.6. The van der Waals surface area contributed by atoms with E-state index < -0.39 is 16.1 Å². The number of nitrogens with one attached hydrogen (secondary N) is 2. The van der Waals surface area contributed by atoms with Gasteiger partial charge in [0.1, 0.15) is 5.75 Å². The molecular formula is C19H29ClN2O4S. The molecular weight excluding hydrogens is 388 g/mol. The molecule has 1 aliphatic rings. The van der Waals surface area contributed by atoms with Crippen LogP contribution in [0.1, 0.15) is 58.8 Å². The quantitative estimate of drug-likeness (QED) is 0.710. The van der Waals surface area contributed by atoms with Crippen molar-refractivity contribution in [3.8, 4) is 5.75 Å². The van der Waals surface area contributed by atoms with Crippen LogP contribution < -0.4 is 14.8 Å². The highest BCUT2D eigenvalue weighted by molar-refractivity contribution is 7.89. The topological polar surface area (TPSA) is 84.5 Å². The number of carbonyl (C=O) groups excluding carboxylic acids is 1. The van der Waals surface area contributed by atoms with Gasteiger partial charge >= 0.3 is 0 Å². The fraction of sp³-hybridized carbons (Fsp3) is 0.632. The predicted octanol–water partition coefficient (Wildman–Crippen LogP) is 3.63. The zero-order valence-electron chi connectivity index (χ0n) is 16.0. The highest BCUT2D eigenvalue weighted by Gasteiger charge is 2.24. The van der Waals surface area contributed by atoms with Crippen LogP contribution in [0.4, 0.5) is 0 Å². The fourth-order valence-corrected chi connectivity index (χ4v) is 4.73. The summed E-state index contributed by atoms with van der Waals surface area (Å²) in [7, 11) is -3.86. The molecule has 6 nitrogen and oxygen atoms in total. The maximum atomic E-state index is 12.6. The Morgan fingerprint density at radius 1 is 1.22 bits per heavy atom. The molecule has 0 radical (unpaired) electrons. The third-order valence-electron chi connectivity index (χ3n) is 4.69. The average molecular weight is 417 g/mol. The van der Waals surface area contributed by atoms with Crippen molar-refractivity contribution in [1.82, 2.24) is 10.0 Å². The number of rotatable bonds is 7. The van der Waals surface area contributed by atoms with E-state index >= 15 is 0 Å². The van der Waals surface area contributed by atoms with Crippen LogP contribution in [0.15, 0.2) is 23.1 Å². The Balaban J connectivity index is 1.99. The average Bonchev–Trinajstić information content (AvgIpc) is 2.58. The van der Waals surface area contributed by atoms with Crippen molar-refractivity contribution in [3.63, 3.8) is 0 Å². The van der Waals surface area contributed by atoms with Gasteiger partial charge in [0.15, 0.2) is 0 Å². The molecule has 0 aromatic heterocycles. The summed E-state index contributed by atoms with van der Waals surface area (Å²) in [5, 5.41) is 3.20. The minimum Gasteiger partial charge on any atom is -0.492 e. The highest BCUT2D eigenvalue weighted by Crippen LogP contribution is 2.27. The lowest BCUT2D eigenvalue weighted by atomic mass is 9.96. The standard InChI is InChI=1S/C19H29ClN2O4S/c1-3-26-18-12-11-16(13-17(18)20)27(24,25)22-14(2)19(23)21-15-9-7-5-4-6-8-10-15/h11-15,22H,3-10H2,1-2H3,(H,21,23)/t14-/m1/s1. The molecule has 0 saturated heterocycles. The first-order valence-corrected chi connectivity index (χ1v) is 11.4. The monoisotopic (exact) mass is 416 g/mol. The van der Waals surface area contributed by atoms with Crippen molar-refractivity contribution in [2.75, 3.05) is 6.61 Å². The Morgan fingerprint density at radius 3 is 2.44 bits per heavy atom. The van der Waals surface area contributed by atoms with E-state index in [4.69, 9.17) is 16.3 Å². The maximum absolute atomic E-state index is 12.6. The Morgan fingerprint density at radius 2 is 1.85 bits per heavy atom. The molecule has 2 rings (SSSR count). The van der Waals surface area contributed by atoms with Gasteiger partial charge in [-0.1, -0.05) is 43.7 Å². The van der Waals surface area contributed by atoms with Gasteiger partial charge in [0.05, 0.1) is 22.6 Å². The Labute approximate surface area is 167 Å². The van der Waals surface area contributed by atoms with Crippen LogP contribution in [0.3, 0.4) is 0 Å². The van der Waals surface area contributed by atoms with Crippen LogP contribution in [-0.2, 0) is 14.8 Å². The first-order valence-electron chi connectivity index (χ1n) is 9.58. The minimum absolute atomic E-state index is 0.00144. The Kier molecular flexibility index (Phi) is 8.38. The number of ether oxygens (including phenoxy) is 1. The number of amides is 1.